The number of carbonyl (C=O) groups excluding carboxylic acids is 1. The number of aliphatic carboxylic acids is 1. The number of amides is 1. The number of rotatable bonds is 3. The maximum Gasteiger partial charge on any atom is 0.308 e. The molecule has 1 aliphatic rings. The van der Waals surface area contributed by atoms with Gasteiger partial charge in [-0.05, 0) is 29.7 Å². The van der Waals surface area contributed by atoms with Crippen molar-refractivity contribution in [3.05, 3.63) is 41.5 Å². The van der Waals surface area contributed by atoms with Gasteiger partial charge in [-0.3, -0.25) is 9.59 Å². The molecule has 2 unspecified atom stereocenters. The zero-order valence-electron chi connectivity index (χ0n) is 11.7. The van der Waals surface area contributed by atoms with E-state index in [0.29, 0.717) is 12.1 Å². The lowest BCUT2D eigenvalue weighted by Crippen LogP contribution is -2.28. The zero-order chi connectivity index (χ0) is 15.4. The lowest BCUT2D eigenvalue weighted by atomic mass is 9.99. The molecule has 1 N–H and O–H groups in total. The Kier molecular flexibility index (Phi) is 4.39. The standard InChI is InChI=1S/C16H16N2O3/c1-11-9-18(10-14(11)16(20)21)15(19)7-6-12-2-4-13(8-17)5-3-12/h2-7,11,14H,9-10H2,1H3,(H,20,21). The second-order valence-corrected chi connectivity index (χ2v) is 5.23. The molecule has 1 aromatic carbocycles. The molecule has 1 saturated heterocycles. The van der Waals surface area contributed by atoms with Gasteiger partial charge in [0.05, 0.1) is 17.6 Å². The van der Waals surface area contributed by atoms with Gasteiger partial charge in [-0.1, -0.05) is 19.1 Å². The van der Waals surface area contributed by atoms with E-state index in [9.17, 15) is 9.59 Å². The third kappa shape index (κ3) is 3.48. The molecule has 1 fully saturated rings. The lowest BCUT2D eigenvalue weighted by molar-refractivity contribution is -0.142. The second-order valence-electron chi connectivity index (χ2n) is 5.23. The normalized spacial score (nSPS) is 21.4. The van der Waals surface area contributed by atoms with Crippen LogP contribution < -0.4 is 0 Å². The molecule has 2 atom stereocenters. The molecule has 1 heterocycles. The van der Waals surface area contributed by atoms with Crippen molar-refractivity contribution >= 4 is 18.0 Å². The van der Waals surface area contributed by atoms with Gasteiger partial charge >= 0.3 is 5.97 Å². The van der Waals surface area contributed by atoms with E-state index in [1.165, 1.54) is 6.08 Å². The second kappa shape index (κ2) is 6.23. The summed E-state index contributed by atoms with van der Waals surface area (Å²) in [6, 6.07) is 8.91. The number of hydrogen-bond donors (Lipinski definition) is 1. The number of nitriles is 1. The van der Waals surface area contributed by atoms with Crippen molar-refractivity contribution in [2.45, 2.75) is 6.92 Å². The average molecular weight is 284 g/mol. The van der Waals surface area contributed by atoms with Crippen LogP contribution in [0.3, 0.4) is 0 Å². The van der Waals surface area contributed by atoms with Crippen LogP contribution in [-0.2, 0) is 9.59 Å². The fourth-order valence-corrected chi connectivity index (χ4v) is 2.41. The van der Waals surface area contributed by atoms with Gasteiger partial charge in [0.2, 0.25) is 5.91 Å². The smallest absolute Gasteiger partial charge is 0.308 e. The summed E-state index contributed by atoms with van der Waals surface area (Å²) < 4.78 is 0. The number of benzene rings is 1. The van der Waals surface area contributed by atoms with E-state index in [1.807, 2.05) is 13.0 Å². The first-order chi connectivity index (χ1) is 10.0. The zero-order valence-corrected chi connectivity index (χ0v) is 11.7. The number of carboxylic acid groups (broad SMARTS) is 1. The molecule has 0 aliphatic carbocycles. The van der Waals surface area contributed by atoms with Gasteiger partial charge in [0.1, 0.15) is 0 Å². The molecule has 0 radical (unpaired) electrons. The van der Waals surface area contributed by atoms with Crippen molar-refractivity contribution in [1.82, 2.24) is 4.90 Å². The van der Waals surface area contributed by atoms with Crippen LogP contribution in [0.25, 0.3) is 6.08 Å². The molecule has 0 spiro atoms. The van der Waals surface area contributed by atoms with Crippen LogP contribution in [0.4, 0.5) is 0 Å². The number of carbonyl (C=O) groups is 2. The molecule has 5 heteroatoms. The van der Waals surface area contributed by atoms with Crippen molar-refractivity contribution < 1.29 is 14.7 Å². The highest BCUT2D eigenvalue weighted by Gasteiger charge is 2.36. The van der Waals surface area contributed by atoms with Crippen molar-refractivity contribution in [3.8, 4) is 6.07 Å². The molecule has 0 saturated carbocycles. The van der Waals surface area contributed by atoms with Crippen molar-refractivity contribution in [2.75, 3.05) is 13.1 Å². The summed E-state index contributed by atoms with van der Waals surface area (Å²) >= 11 is 0. The third-order valence-electron chi connectivity index (χ3n) is 3.70. The minimum absolute atomic E-state index is 0.0326. The minimum atomic E-state index is -0.853. The van der Waals surface area contributed by atoms with Crippen LogP contribution in [0.15, 0.2) is 30.3 Å². The molecule has 0 bridgehead atoms. The van der Waals surface area contributed by atoms with Crippen LogP contribution in [-0.4, -0.2) is 35.0 Å². The molecular weight excluding hydrogens is 268 g/mol. The number of nitrogens with zero attached hydrogens (tertiary/aromatic N) is 2. The number of hydrogen-bond acceptors (Lipinski definition) is 3. The molecule has 0 aromatic heterocycles. The fourth-order valence-electron chi connectivity index (χ4n) is 2.41. The highest BCUT2D eigenvalue weighted by atomic mass is 16.4. The van der Waals surface area contributed by atoms with E-state index in [-0.39, 0.29) is 18.4 Å². The summed E-state index contributed by atoms with van der Waals surface area (Å²) in [6.45, 7) is 2.57. The van der Waals surface area contributed by atoms with Gasteiger partial charge in [-0.15, -0.1) is 0 Å². The Hall–Kier alpha value is -2.61. The predicted molar refractivity (Wildman–Crippen MR) is 77.1 cm³/mol. The van der Waals surface area contributed by atoms with Crippen LogP contribution in [0.2, 0.25) is 0 Å². The first kappa shape index (κ1) is 14.8. The Morgan fingerprint density at radius 2 is 2.00 bits per heavy atom. The first-order valence-corrected chi connectivity index (χ1v) is 6.71. The predicted octanol–water partition coefficient (Wildman–Crippen LogP) is 1.75. The Bertz CT molecular complexity index is 613. The first-order valence-electron chi connectivity index (χ1n) is 6.71. The van der Waals surface area contributed by atoms with E-state index >= 15 is 0 Å². The lowest BCUT2D eigenvalue weighted by Gasteiger charge is -2.12. The van der Waals surface area contributed by atoms with Crippen molar-refractivity contribution in [3.63, 3.8) is 0 Å². The molecule has 2 rings (SSSR count). The Morgan fingerprint density at radius 1 is 1.33 bits per heavy atom. The maximum atomic E-state index is 12.0. The molecule has 1 aromatic rings. The summed E-state index contributed by atoms with van der Waals surface area (Å²) in [5.41, 5.74) is 1.39. The Morgan fingerprint density at radius 3 is 2.52 bits per heavy atom. The molecule has 1 aliphatic heterocycles. The van der Waals surface area contributed by atoms with Crippen molar-refractivity contribution in [2.24, 2.45) is 11.8 Å². The highest BCUT2D eigenvalue weighted by molar-refractivity contribution is 5.92. The van der Waals surface area contributed by atoms with Gasteiger partial charge < -0.3 is 10.0 Å². The minimum Gasteiger partial charge on any atom is -0.481 e. The summed E-state index contributed by atoms with van der Waals surface area (Å²) in [5.74, 6) is -1.56. The Balaban J connectivity index is 2.00. The van der Waals surface area contributed by atoms with Crippen LogP contribution in [0.5, 0.6) is 0 Å². The van der Waals surface area contributed by atoms with E-state index in [2.05, 4.69) is 0 Å². The van der Waals surface area contributed by atoms with Gasteiger partial charge in [-0.2, -0.15) is 5.26 Å². The largest absolute Gasteiger partial charge is 0.481 e. The fraction of sp³-hybridized carbons (Fsp3) is 0.312. The Labute approximate surface area is 123 Å². The van der Waals surface area contributed by atoms with Crippen LogP contribution >= 0.6 is 0 Å². The van der Waals surface area contributed by atoms with E-state index in [0.717, 1.165) is 5.56 Å². The van der Waals surface area contributed by atoms with Crippen LogP contribution in [0.1, 0.15) is 18.1 Å². The van der Waals surface area contributed by atoms with Gasteiger partial charge in [0.15, 0.2) is 0 Å². The van der Waals surface area contributed by atoms with E-state index < -0.39 is 11.9 Å². The average Bonchev–Trinajstić information content (AvgIpc) is 2.87. The van der Waals surface area contributed by atoms with Gasteiger partial charge in [0.25, 0.3) is 0 Å². The van der Waals surface area contributed by atoms with Gasteiger partial charge in [0, 0.05) is 19.2 Å². The number of likely N-dealkylation sites (tertiary alicyclic amines) is 1. The molecule has 5 nitrogen and oxygen atoms in total. The molecule has 108 valence electrons. The highest BCUT2D eigenvalue weighted by Crippen LogP contribution is 2.23. The molecule has 1 amide bonds. The number of carboxylic acids is 1. The van der Waals surface area contributed by atoms with Gasteiger partial charge in [-0.25, -0.2) is 0 Å². The SMILES string of the molecule is CC1CN(C(=O)C=Cc2ccc(C#N)cc2)CC1C(=O)O. The maximum absolute atomic E-state index is 12.0. The summed E-state index contributed by atoms with van der Waals surface area (Å²) in [7, 11) is 0. The van der Waals surface area contributed by atoms with E-state index in [1.54, 1.807) is 35.2 Å². The van der Waals surface area contributed by atoms with Crippen LogP contribution in [0, 0.1) is 23.2 Å². The summed E-state index contributed by atoms with van der Waals surface area (Å²) in [5, 5.41) is 17.8. The summed E-state index contributed by atoms with van der Waals surface area (Å²) in [6.07, 6.45) is 3.11. The molecular formula is C16H16N2O3. The third-order valence-corrected chi connectivity index (χ3v) is 3.70. The van der Waals surface area contributed by atoms with E-state index in [4.69, 9.17) is 10.4 Å². The van der Waals surface area contributed by atoms with Crippen molar-refractivity contribution in [1.29, 1.82) is 5.26 Å². The monoisotopic (exact) mass is 284 g/mol. The topological polar surface area (TPSA) is 81.4 Å². The molecule has 21 heavy (non-hydrogen) atoms. The quantitative estimate of drug-likeness (QED) is 0.857. The summed E-state index contributed by atoms with van der Waals surface area (Å²) in [4.78, 5) is 24.6.